The second-order valence-corrected chi connectivity index (χ2v) is 8.17. The molecule has 5 heteroatoms. The molecular formula is C17H24N2O2S. The van der Waals surface area contributed by atoms with E-state index in [0.717, 1.165) is 41.2 Å². The summed E-state index contributed by atoms with van der Waals surface area (Å²) in [7, 11) is 0. The molecule has 22 heavy (non-hydrogen) atoms. The fourth-order valence-corrected chi connectivity index (χ4v) is 4.87. The second kappa shape index (κ2) is 6.13. The summed E-state index contributed by atoms with van der Waals surface area (Å²) < 4.78 is 0. The molecular weight excluding hydrogens is 296 g/mol. The van der Waals surface area contributed by atoms with Crippen LogP contribution >= 0.6 is 11.3 Å². The Labute approximate surface area is 135 Å². The van der Waals surface area contributed by atoms with Gasteiger partial charge in [0, 0.05) is 47.3 Å². The molecule has 1 aliphatic carbocycles. The van der Waals surface area contributed by atoms with Gasteiger partial charge in [0.05, 0.1) is 0 Å². The zero-order chi connectivity index (χ0) is 15.9. The number of carbonyl (C=O) groups excluding carboxylic acids is 2. The molecule has 2 N–H and O–H groups in total. The number of carbonyl (C=O) groups is 2. The summed E-state index contributed by atoms with van der Waals surface area (Å²) in [5.41, 5.74) is 6.90. The number of aryl methyl sites for hydroxylation is 2. The van der Waals surface area contributed by atoms with Crippen LogP contribution in [0.5, 0.6) is 0 Å². The second-order valence-electron chi connectivity index (χ2n) is 6.71. The van der Waals surface area contributed by atoms with Crippen molar-refractivity contribution in [3.05, 3.63) is 21.4 Å². The van der Waals surface area contributed by atoms with E-state index in [0.29, 0.717) is 24.7 Å². The van der Waals surface area contributed by atoms with E-state index in [2.05, 4.69) is 0 Å². The van der Waals surface area contributed by atoms with Gasteiger partial charge in [-0.05, 0) is 44.6 Å². The lowest BCUT2D eigenvalue weighted by molar-refractivity contribution is -0.130. The topological polar surface area (TPSA) is 63.4 Å². The number of amides is 1. The highest BCUT2D eigenvalue weighted by Gasteiger charge is 2.42. The van der Waals surface area contributed by atoms with Gasteiger partial charge in [0.1, 0.15) is 0 Å². The van der Waals surface area contributed by atoms with Crippen LogP contribution in [-0.2, 0) is 4.79 Å². The van der Waals surface area contributed by atoms with Crippen LogP contribution in [0.25, 0.3) is 0 Å². The van der Waals surface area contributed by atoms with E-state index in [1.54, 1.807) is 11.3 Å². The van der Waals surface area contributed by atoms with Crippen LogP contribution in [0.15, 0.2) is 6.07 Å². The van der Waals surface area contributed by atoms with Crippen LogP contribution in [-0.4, -0.2) is 35.7 Å². The first-order valence-electron chi connectivity index (χ1n) is 8.09. The zero-order valence-electron chi connectivity index (χ0n) is 13.3. The Kier molecular flexibility index (Phi) is 4.37. The fourth-order valence-electron chi connectivity index (χ4n) is 3.93. The molecule has 3 atom stereocenters. The van der Waals surface area contributed by atoms with E-state index in [4.69, 9.17) is 5.73 Å². The van der Waals surface area contributed by atoms with E-state index in [1.165, 1.54) is 0 Å². The minimum absolute atomic E-state index is 0.0892. The number of Topliss-reactive ketones (excluding diaryl/α,β-unsaturated/α-hetero) is 1. The minimum Gasteiger partial charge on any atom is -0.342 e. The van der Waals surface area contributed by atoms with Gasteiger partial charge in [-0.1, -0.05) is 0 Å². The number of hydrogen-bond donors (Lipinski definition) is 1. The highest BCUT2D eigenvalue weighted by atomic mass is 32.1. The molecule has 3 unspecified atom stereocenters. The third-order valence-corrected chi connectivity index (χ3v) is 6.14. The van der Waals surface area contributed by atoms with Crippen molar-refractivity contribution in [1.29, 1.82) is 0 Å². The molecule has 1 saturated carbocycles. The van der Waals surface area contributed by atoms with Crippen molar-refractivity contribution < 1.29 is 9.59 Å². The molecule has 3 rings (SSSR count). The molecule has 1 aromatic rings. The largest absolute Gasteiger partial charge is 0.342 e. The summed E-state index contributed by atoms with van der Waals surface area (Å²) in [6, 6.07) is 2.19. The lowest BCUT2D eigenvalue weighted by atomic mass is 9.98. The molecule has 2 fully saturated rings. The van der Waals surface area contributed by atoms with Crippen molar-refractivity contribution >= 4 is 23.0 Å². The van der Waals surface area contributed by atoms with Crippen molar-refractivity contribution in [3.63, 3.8) is 0 Å². The molecule has 1 aromatic heterocycles. The maximum atomic E-state index is 12.3. The van der Waals surface area contributed by atoms with Crippen LogP contribution in [0, 0.1) is 25.7 Å². The van der Waals surface area contributed by atoms with Gasteiger partial charge in [-0.2, -0.15) is 0 Å². The zero-order valence-corrected chi connectivity index (χ0v) is 14.1. The molecule has 0 bridgehead atoms. The maximum absolute atomic E-state index is 12.3. The summed E-state index contributed by atoms with van der Waals surface area (Å²) >= 11 is 1.64. The number of rotatable bonds is 4. The molecule has 120 valence electrons. The standard InChI is InChI=1S/C17H24N2O2S/c1-10-7-13(11(2)22-10)16(20)5-6-17(21)19-8-12-3-4-15(18)14(12)9-19/h7,12,14-15H,3-6,8-9,18H2,1-2H3. The first-order chi connectivity index (χ1) is 10.5. The van der Waals surface area contributed by atoms with Gasteiger partial charge >= 0.3 is 0 Å². The Hall–Kier alpha value is -1.20. The SMILES string of the molecule is Cc1cc(C(=O)CCC(=O)N2CC3CCC(N)C3C2)c(C)s1. The Morgan fingerprint density at radius 2 is 2.05 bits per heavy atom. The van der Waals surface area contributed by atoms with Gasteiger partial charge < -0.3 is 10.6 Å². The predicted molar refractivity (Wildman–Crippen MR) is 88.1 cm³/mol. The first kappa shape index (κ1) is 15.7. The number of thiophene rings is 1. The van der Waals surface area contributed by atoms with Crippen LogP contribution < -0.4 is 5.73 Å². The average molecular weight is 320 g/mol. The minimum atomic E-state index is 0.0892. The molecule has 2 heterocycles. The van der Waals surface area contributed by atoms with Crippen LogP contribution in [0.4, 0.5) is 0 Å². The molecule has 0 spiro atoms. The molecule has 1 amide bonds. The smallest absolute Gasteiger partial charge is 0.223 e. The van der Waals surface area contributed by atoms with Gasteiger partial charge in [0.2, 0.25) is 5.91 Å². The van der Waals surface area contributed by atoms with Crippen molar-refractivity contribution in [2.45, 2.75) is 45.6 Å². The average Bonchev–Trinajstić information content (AvgIpc) is 3.13. The number of hydrogen-bond acceptors (Lipinski definition) is 4. The summed E-state index contributed by atoms with van der Waals surface area (Å²) in [6.45, 7) is 5.60. The Morgan fingerprint density at radius 1 is 1.27 bits per heavy atom. The van der Waals surface area contributed by atoms with Gasteiger partial charge in [-0.15, -0.1) is 11.3 Å². The predicted octanol–water partition coefficient (Wildman–Crippen LogP) is 2.52. The van der Waals surface area contributed by atoms with E-state index in [-0.39, 0.29) is 17.7 Å². The van der Waals surface area contributed by atoms with E-state index >= 15 is 0 Å². The normalized spacial score (nSPS) is 27.2. The quantitative estimate of drug-likeness (QED) is 0.867. The molecule has 0 aromatic carbocycles. The summed E-state index contributed by atoms with van der Waals surface area (Å²) in [6.07, 6.45) is 2.87. The molecule has 4 nitrogen and oxygen atoms in total. The summed E-state index contributed by atoms with van der Waals surface area (Å²) in [5.74, 6) is 1.25. The number of fused-ring (bicyclic) bond motifs is 1. The van der Waals surface area contributed by atoms with Crippen LogP contribution in [0.1, 0.15) is 45.8 Å². The number of nitrogens with two attached hydrogens (primary N) is 1. The molecule has 2 aliphatic rings. The third-order valence-electron chi connectivity index (χ3n) is 5.17. The third kappa shape index (κ3) is 2.97. The summed E-state index contributed by atoms with van der Waals surface area (Å²) in [5, 5.41) is 0. The van der Waals surface area contributed by atoms with Gasteiger partial charge in [0.25, 0.3) is 0 Å². The van der Waals surface area contributed by atoms with E-state index < -0.39 is 0 Å². The molecule has 0 radical (unpaired) electrons. The Morgan fingerprint density at radius 3 is 2.68 bits per heavy atom. The Balaban J connectivity index is 1.53. The van der Waals surface area contributed by atoms with Gasteiger partial charge in [-0.3, -0.25) is 9.59 Å². The van der Waals surface area contributed by atoms with Crippen molar-refractivity contribution in [2.75, 3.05) is 13.1 Å². The lowest BCUT2D eigenvalue weighted by Crippen LogP contribution is -2.33. The van der Waals surface area contributed by atoms with Crippen molar-refractivity contribution in [2.24, 2.45) is 17.6 Å². The number of ketones is 1. The van der Waals surface area contributed by atoms with Crippen molar-refractivity contribution in [1.82, 2.24) is 4.90 Å². The monoisotopic (exact) mass is 320 g/mol. The number of nitrogens with zero attached hydrogens (tertiary/aromatic N) is 1. The highest BCUT2D eigenvalue weighted by Crippen LogP contribution is 2.37. The van der Waals surface area contributed by atoms with Gasteiger partial charge in [-0.25, -0.2) is 0 Å². The molecule has 1 saturated heterocycles. The first-order valence-corrected chi connectivity index (χ1v) is 8.91. The number of likely N-dealkylation sites (tertiary alicyclic amines) is 1. The van der Waals surface area contributed by atoms with E-state index in [9.17, 15) is 9.59 Å². The lowest BCUT2D eigenvalue weighted by Gasteiger charge is -2.18. The highest BCUT2D eigenvalue weighted by molar-refractivity contribution is 7.12. The van der Waals surface area contributed by atoms with Crippen LogP contribution in [0.3, 0.4) is 0 Å². The summed E-state index contributed by atoms with van der Waals surface area (Å²) in [4.78, 5) is 28.7. The molecule has 1 aliphatic heterocycles. The maximum Gasteiger partial charge on any atom is 0.223 e. The Bertz CT molecular complexity index is 595. The van der Waals surface area contributed by atoms with Crippen LogP contribution in [0.2, 0.25) is 0 Å². The van der Waals surface area contributed by atoms with Gasteiger partial charge in [0.15, 0.2) is 5.78 Å². The fraction of sp³-hybridized carbons (Fsp3) is 0.647. The van der Waals surface area contributed by atoms with Crippen molar-refractivity contribution in [3.8, 4) is 0 Å². The van der Waals surface area contributed by atoms with E-state index in [1.807, 2.05) is 24.8 Å².